The lowest BCUT2D eigenvalue weighted by molar-refractivity contribution is 0.0697. The lowest BCUT2D eigenvalue weighted by Crippen LogP contribution is -2.37. The molecule has 2 fully saturated rings. The highest BCUT2D eigenvalue weighted by atomic mass is 32.1. The molecule has 1 aliphatic heterocycles. The van der Waals surface area contributed by atoms with E-state index in [1.54, 1.807) is 24.4 Å². The maximum absolute atomic E-state index is 11.4. The Kier molecular flexibility index (Phi) is 5.19. The van der Waals surface area contributed by atoms with Gasteiger partial charge in [-0.05, 0) is 61.5 Å². The standard InChI is InChI=1S/C24H23N3O3S/c28-23(29)16-7-5-6-15(14-16)19-11-12-20(30-19)22-21(18-10-3-4-13-25-18)26-24(31)27(22)17-8-1-2-9-17/h3-7,10-14,17,21-22H,1-2,8-9H2,(H,26,31)(H,28,29)/t21-,22-/m0/s1. The van der Waals surface area contributed by atoms with Gasteiger partial charge in [0.1, 0.15) is 17.6 Å². The summed E-state index contributed by atoms with van der Waals surface area (Å²) < 4.78 is 6.32. The SMILES string of the molecule is O=C(O)c1cccc(-c2ccc([C@H]3[C@H](c4ccccn4)NC(=S)N3C3CCCC3)o2)c1. The number of carbonyl (C=O) groups is 1. The van der Waals surface area contributed by atoms with Gasteiger partial charge in [0.15, 0.2) is 5.11 Å². The van der Waals surface area contributed by atoms with Crippen LogP contribution in [0, 0.1) is 0 Å². The third-order valence-corrected chi connectivity index (χ3v) is 6.49. The molecule has 0 unspecified atom stereocenters. The second-order valence-electron chi connectivity index (χ2n) is 8.06. The van der Waals surface area contributed by atoms with Crippen LogP contribution in [0.25, 0.3) is 11.3 Å². The van der Waals surface area contributed by atoms with Crippen molar-refractivity contribution in [3.8, 4) is 11.3 Å². The molecule has 7 heteroatoms. The second kappa shape index (κ2) is 8.15. The van der Waals surface area contributed by atoms with Gasteiger partial charge in [0, 0.05) is 17.8 Å². The van der Waals surface area contributed by atoms with Crippen LogP contribution in [0.15, 0.2) is 65.2 Å². The third-order valence-electron chi connectivity index (χ3n) is 6.17. The van der Waals surface area contributed by atoms with Crippen LogP contribution in [0.4, 0.5) is 0 Å². The maximum Gasteiger partial charge on any atom is 0.335 e. The molecule has 2 aliphatic rings. The minimum Gasteiger partial charge on any atom is -0.478 e. The summed E-state index contributed by atoms with van der Waals surface area (Å²) >= 11 is 5.76. The number of aromatic carboxylic acids is 1. The predicted octanol–water partition coefficient (Wildman–Crippen LogP) is 4.95. The highest BCUT2D eigenvalue weighted by Crippen LogP contribution is 2.44. The van der Waals surface area contributed by atoms with Crippen molar-refractivity contribution in [2.45, 2.75) is 43.8 Å². The predicted molar refractivity (Wildman–Crippen MR) is 121 cm³/mol. The molecule has 3 aromatic rings. The zero-order chi connectivity index (χ0) is 21.4. The summed E-state index contributed by atoms with van der Waals surface area (Å²) in [6.45, 7) is 0. The van der Waals surface area contributed by atoms with Crippen molar-refractivity contribution >= 4 is 23.3 Å². The Balaban J connectivity index is 1.54. The number of nitrogens with zero attached hydrogens (tertiary/aromatic N) is 2. The molecular formula is C24H23N3O3S. The van der Waals surface area contributed by atoms with Gasteiger partial charge in [0.25, 0.3) is 0 Å². The number of nitrogens with one attached hydrogen (secondary N) is 1. The van der Waals surface area contributed by atoms with E-state index < -0.39 is 5.97 Å². The van der Waals surface area contributed by atoms with Gasteiger partial charge in [-0.1, -0.05) is 31.0 Å². The van der Waals surface area contributed by atoms with Crippen molar-refractivity contribution < 1.29 is 14.3 Å². The van der Waals surface area contributed by atoms with Crippen LogP contribution in [-0.4, -0.2) is 32.1 Å². The summed E-state index contributed by atoms with van der Waals surface area (Å²) in [6.07, 6.45) is 6.43. The number of hydrogen-bond acceptors (Lipinski definition) is 4. The van der Waals surface area contributed by atoms with E-state index in [2.05, 4.69) is 15.2 Å². The van der Waals surface area contributed by atoms with Gasteiger partial charge in [-0.15, -0.1) is 0 Å². The molecular weight excluding hydrogens is 410 g/mol. The number of furan rings is 1. The molecule has 3 heterocycles. The number of rotatable bonds is 5. The second-order valence-corrected chi connectivity index (χ2v) is 8.45. The minimum absolute atomic E-state index is 0.109. The van der Waals surface area contributed by atoms with Crippen LogP contribution in [0.1, 0.15) is 59.6 Å². The van der Waals surface area contributed by atoms with Gasteiger partial charge >= 0.3 is 5.97 Å². The van der Waals surface area contributed by atoms with Gasteiger partial charge in [0.2, 0.25) is 0 Å². The highest BCUT2D eigenvalue weighted by Gasteiger charge is 2.45. The minimum atomic E-state index is -0.957. The number of hydrogen-bond donors (Lipinski definition) is 2. The van der Waals surface area contributed by atoms with Crippen LogP contribution >= 0.6 is 12.2 Å². The van der Waals surface area contributed by atoms with E-state index in [-0.39, 0.29) is 17.6 Å². The van der Waals surface area contributed by atoms with Gasteiger partial charge in [0.05, 0.1) is 17.3 Å². The highest BCUT2D eigenvalue weighted by molar-refractivity contribution is 7.80. The van der Waals surface area contributed by atoms with Gasteiger partial charge in [-0.3, -0.25) is 4.98 Å². The quantitative estimate of drug-likeness (QED) is 0.551. The molecule has 1 saturated heterocycles. The van der Waals surface area contributed by atoms with E-state index in [4.69, 9.17) is 16.6 Å². The van der Waals surface area contributed by atoms with Gasteiger partial charge < -0.3 is 19.7 Å². The first-order valence-corrected chi connectivity index (χ1v) is 11.0. The smallest absolute Gasteiger partial charge is 0.335 e. The molecule has 1 aromatic carbocycles. The monoisotopic (exact) mass is 433 g/mol. The fourth-order valence-corrected chi connectivity index (χ4v) is 5.11. The van der Waals surface area contributed by atoms with Crippen LogP contribution < -0.4 is 5.32 Å². The number of pyridine rings is 1. The number of aromatic nitrogens is 1. The first-order valence-electron chi connectivity index (χ1n) is 10.5. The Morgan fingerprint density at radius 2 is 1.97 bits per heavy atom. The van der Waals surface area contributed by atoms with Crippen molar-refractivity contribution in [1.82, 2.24) is 15.2 Å². The Morgan fingerprint density at radius 1 is 1.13 bits per heavy atom. The molecule has 0 spiro atoms. The first-order chi connectivity index (χ1) is 15.1. The van der Waals surface area contributed by atoms with E-state index in [1.165, 1.54) is 12.8 Å². The van der Waals surface area contributed by atoms with Gasteiger partial charge in [-0.2, -0.15) is 0 Å². The zero-order valence-corrected chi connectivity index (χ0v) is 17.7. The van der Waals surface area contributed by atoms with Crippen LogP contribution in [0.3, 0.4) is 0 Å². The van der Waals surface area contributed by atoms with E-state index in [0.717, 1.165) is 35.0 Å². The number of carboxylic acids is 1. The maximum atomic E-state index is 11.4. The summed E-state index contributed by atoms with van der Waals surface area (Å²) in [5.74, 6) is 0.481. The van der Waals surface area contributed by atoms with Gasteiger partial charge in [-0.25, -0.2) is 4.79 Å². The molecule has 0 bridgehead atoms. The van der Waals surface area contributed by atoms with E-state index >= 15 is 0 Å². The third kappa shape index (κ3) is 3.70. The summed E-state index contributed by atoms with van der Waals surface area (Å²) in [7, 11) is 0. The molecule has 158 valence electrons. The van der Waals surface area contributed by atoms with E-state index in [0.29, 0.717) is 11.8 Å². The summed E-state index contributed by atoms with van der Waals surface area (Å²) in [5.41, 5.74) is 1.89. The average Bonchev–Trinajstić information content (AvgIpc) is 3.54. The Hall–Kier alpha value is -3.19. The Labute approximate surface area is 185 Å². The molecule has 2 N–H and O–H groups in total. The lowest BCUT2D eigenvalue weighted by atomic mass is 10.0. The molecule has 2 atom stereocenters. The fraction of sp³-hybridized carbons (Fsp3) is 0.292. The number of benzene rings is 1. The van der Waals surface area contributed by atoms with Crippen molar-refractivity contribution in [2.24, 2.45) is 0 Å². The topological polar surface area (TPSA) is 78.6 Å². The molecule has 0 radical (unpaired) electrons. The summed E-state index contributed by atoms with van der Waals surface area (Å²) in [5, 5.41) is 13.5. The molecule has 1 saturated carbocycles. The largest absolute Gasteiger partial charge is 0.478 e. The van der Waals surface area contributed by atoms with Crippen LogP contribution in [0.2, 0.25) is 0 Å². The zero-order valence-electron chi connectivity index (χ0n) is 16.9. The van der Waals surface area contributed by atoms with Crippen molar-refractivity contribution in [3.63, 3.8) is 0 Å². The molecule has 2 aromatic heterocycles. The van der Waals surface area contributed by atoms with Crippen LogP contribution in [-0.2, 0) is 0 Å². The van der Waals surface area contributed by atoms with Crippen molar-refractivity contribution in [1.29, 1.82) is 0 Å². The Morgan fingerprint density at radius 3 is 2.71 bits per heavy atom. The number of carboxylic acid groups (broad SMARTS) is 1. The normalized spacial score (nSPS) is 21.4. The average molecular weight is 434 g/mol. The molecule has 31 heavy (non-hydrogen) atoms. The molecule has 1 aliphatic carbocycles. The van der Waals surface area contributed by atoms with E-state index in [1.807, 2.05) is 36.4 Å². The van der Waals surface area contributed by atoms with Crippen molar-refractivity contribution in [3.05, 3.63) is 77.8 Å². The summed E-state index contributed by atoms with van der Waals surface area (Å²) in [4.78, 5) is 18.2. The first kappa shape index (κ1) is 19.8. The lowest BCUT2D eigenvalue weighted by Gasteiger charge is -2.31. The Bertz CT molecular complexity index is 1110. The van der Waals surface area contributed by atoms with Crippen LogP contribution in [0.5, 0.6) is 0 Å². The molecule has 5 rings (SSSR count). The summed E-state index contributed by atoms with van der Waals surface area (Å²) in [6, 6.07) is 16.7. The van der Waals surface area contributed by atoms with E-state index in [9.17, 15) is 9.90 Å². The van der Waals surface area contributed by atoms with Crippen molar-refractivity contribution in [2.75, 3.05) is 0 Å². The molecule has 6 nitrogen and oxygen atoms in total. The fourth-order valence-electron chi connectivity index (χ4n) is 4.72. The number of thiocarbonyl (C=S) groups is 1. The molecule has 0 amide bonds.